The Morgan fingerprint density at radius 1 is 1.33 bits per heavy atom. The van der Waals surface area contributed by atoms with Crippen molar-refractivity contribution in [1.82, 2.24) is 4.90 Å². The molecule has 1 aromatic rings. The second-order valence-corrected chi connectivity index (χ2v) is 7.29. The van der Waals surface area contributed by atoms with Crippen molar-refractivity contribution in [3.05, 3.63) is 35.4 Å². The predicted molar refractivity (Wildman–Crippen MR) is 89.2 cm³/mol. The third-order valence-corrected chi connectivity index (χ3v) is 5.64. The lowest BCUT2D eigenvalue weighted by molar-refractivity contribution is 0.0621. The zero-order valence-electron chi connectivity index (χ0n) is 13.7. The molecular weight excluding hydrogens is 254 g/mol. The van der Waals surface area contributed by atoms with Crippen LogP contribution in [0.15, 0.2) is 24.3 Å². The lowest BCUT2D eigenvalue weighted by Crippen LogP contribution is -2.52. The molecule has 21 heavy (non-hydrogen) atoms. The molecule has 0 aromatic heterocycles. The average molecular weight is 281 g/mol. The zero-order chi connectivity index (χ0) is 15.1. The summed E-state index contributed by atoms with van der Waals surface area (Å²) >= 11 is 0. The van der Waals surface area contributed by atoms with E-state index in [1.54, 1.807) is 0 Å². The van der Waals surface area contributed by atoms with E-state index in [0.29, 0.717) is 0 Å². The van der Waals surface area contributed by atoms with Crippen LogP contribution in [0.25, 0.3) is 0 Å². The molecular formula is C20H27N. The van der Waals surface area contributed by atoms with Crippen molar-refractivity contribution >= 4 is 0 Å². The minimum atomic E-state index is -0.196. The van der Waals surface area contributed by atoms with Gasteiger partial charge in [0.1, 0.15) is 5.54 Å². The van der Waals surface area contributed by atoms with Gasteiger partial charge in [-0.05, 0) is 63.0 Å². The first kappa shape index (κ1) is 14.7. The standard InChI is InChI=1S/C20H27N/c1-5-19(3,4)21-15-9-14-20(21,6-2)18-11-8-7-10-17(18)16-12-13-16/h2,7-8,10-11,16H,5,9,12-15H2,1,3-4H3. The third-order valence-electron chi connectivity index (χ3n) is 5.64. The number of hydrogen-bond acceptors (Lipinski definition) is 1. The summed E-state index contributed by atoms with van der Waals surface area (Å²) in [4.78, 5) is 2.60. The summed E-state index contributed by atoms with van der Waals surface area (Å²) in [7, 11) is 0. The number of rotatable bonds is 4. The second kappa shape index (κ2) is 5.18. The van der Waals surface area contributed by atoms with Crippen LogP contribution in [0.2, 0.25) is 0 Å². The van der Waals surface area contributed by atoms with Crippen LogP contribution >= 0.6 is 0 Å². The summed E-state index contributed by atoms with van der Waals surface area (Å²) in [6, 6.07) is 8.93. The van der Waals surface area contributed by atoms with Gasteiger partial charge in [-0.1, -0.05) is 37.1 Å². The normalized spacial score (nSPS) is 26.8. The van der Waals surface area contributed by atoms with E-state index in [4.69, 9.17) is 6.42 Å². The van der Waals surface area contributed by atoms with Crippen molar-refractivity contribution in [3.63, 3.8) is 0 Å². The highest BCUT2D eigenvalue weighted by molar-refractivity contribution is 5.44. The first-order valence-electron chi connectivity index (χ1n) is 8.40. The van der Waals surface area contributed by atoms with Gasteiger partial charge in [-0.15, -0.1) is 6.42 Å². The molecule has 2 aliphatic rings. The van der Waals surface area contributed by atoms with Crippen molar-refractivity contribution < 1.29 is 0 Å². The van der Waals surface area contributed by atoms with Crippen LogP contribution in [-0.4, -0.2) is 17.0 Å². The Bertz CT molecular complexity index is 561. The Hall–Kier alpha value is -1.26. The fraction of sp³-hybridized carbons (Fsp3) is 0.600. The number of likely N-dealkylation sites (tertiary alicyclic amines) is 1. The molecule has 1 aromatic carbocycles. The van der Waals surface area contributed by atoms with Crippen molar-refractivity contribution in [1.29, 1.82) is 0 Å². The molecule has 1 heterocycles. The average Bonchev–Trinajstić information content (AvgIpc) is 3.25. The SMILES string of the molecule is C#CC1(c2ccccc2C2CC2)CCCN1C(C)(C)CC. The highest BCUT2D eigenvalue weighted by Crippen LogP contribution is 2.50. The van der Waals surface area contributed by atoms with Gasteiger partial charge in [0.05, 0.1) is 0 Å². The maximum atomic E-state index is 6.14. The van der Waals surface area contributed by atoms with Crippen molar-refractivity contribution in [2.75, 3.05) is 6.54 Å². The smallest absolute Gasteiger partial charge is 0.109 e. The van der Waals surface area contributed by atoms with Gasteiger partial charge in [-0.25, -0.2) is 0 Å². The molecule has 0 N–H and O–H groups in total. The van der Waals surface area contributed by atoms with Gasteiger partial charge < -0.3 is 0 Å². The summed E-state index contributed by atoms with van der Waals surface area (Å²) in [6.45, 7) is 8.06. The molecule has 1 saturated carbocycles. The van der Waals surface area contributed by atoms with Crippen LogP contribution in [0.3, 0.4) is 0 Å². The molecule has 0 spiro atoms. The maximum Gasteiger partial charge on any atom is 0.109 e. The summed E-state index contributed by atoms with van der Waals surface area (Å²) < 4.78 is 0. The first-order chi connectivity index (χ1) is 10.0. The largest absolute Gasteiger partial charge is 0.278 e. The van der Waals surface area contributed by atoms with Crippen LogP contribution in [0.4, 0.5) is 0 Å². The summed E-state index contributed by atoms with van der Waals surface area (Å²) in [5, 5.41) is 0. The third kappa shape index (κ3) is 2.30. The minimum Gasteiger partial charge on any atom is -0.278 e. The van der Waals surface area contributed by atoms with E-state index >= 15 is 0 Å². The van der Waals surface area contributed by atoms with Gasteiger partial charge in [0.15, 0.2) is 0 Å². The molecule has 3 rings (SSSR count). The Labute approximate surface area is 129 Å². The van der Waals surface area contributed by atoms with Crippen LogP contribution in [-0.2, 0) is 5.54 Å². The van der Waals surface area contributed by atoms with Gasteiger partial charge in [0.2, 0.25) is 0 Å². The second-order valence-electron chi connectivity index (χ2n) is 7.29. The number of hydrogen-bond donors (Lipinski definition) is 0. The van der Waals surface area contributed by atoms with Gasteiger partial charge in [-0.3, -0.25) is 4.90 Å². The van der Waals surface area contributed by atoms with E-state index in [-0.39, 0.29) is 11.1 Å². The van der Waals surface area contributed by atoms with E-state index in [9.17, 15) is 0 Å². The Balaban J connectivity index is 2.10. The molecule has 0 amide bonds. The molecule has 1 saturated heterocycles. The molecule has 112 valence electrons. The van der Waals surface area contributed by atoms with Gasteiger partial charge >= 0.3 is 0 Å². The van der Waals surface area contributed by atoms with Crippen LogP contribution in [0.1, 0.15) is 69.9 Å². The monoisotopic (exact) mass is 281 g/mol. The van der Waals surface area contributed by atoms with E-state index in [2.05, 4.69) is 55.9 Å². The summed E-state index contributed by atoms with van der Waals surface area (Å²) in [6.07, 6.45) is 12.2. The summed E-state index contributed by atoms with van der Waals surface area (Å²) in [5.41, 5.74) is 2.88. The van der Waals surface area contributed by atoms with E-state index in [0.717, 1.165) is 25.3 Å². The first-order valence-corrected chi connectivity index (χ1v) is 8.40. The topological polar surface area (TPSA) is 3.24 Å². The number of nitrogens with zero attached hydrogens (tertiary/aromatic N) is 1. The predicted octanol–water partition coefficient (Wildman–Crippen LogP) is 4.68. The molecule has 1 aliphatic carbocycles. The fourth-order valence-corrected chi connectivity index (χ4v) is 3.96. The van der Waals surface area contributed by atoms with Gasteiger partial charge in [-0.2, -0.15) is 0 Å². The Kier molecular flexibility index (Phi) is 3.62. The highest BCUT2D eigenvalue weighted by Gasteiger charge is 2.48. The molecule has 1 unspecified atom stereocenters. The molecule has 1 heteroatoms. The molecule has 0 radical (unpaired) electrons. The van der Waals surface area contributed by atoms with Crippen LogP contribution in [0.5, 0.6) is 0 Å². The molecule has 1 aliphatic heterocycles. The van der Waals surface area contributed by atoms with Crippen molar-refractivity contribution in [3.8, 4) is 12.3 Å². The van der Waals surface area contributed by atoms with Gasteiger partial charge in [0.25, 0.3) is 0 Å². The Morgan fingerprint density at radius 2 is 2.05 bits per heavy atom. The zero-order valence-corrected chi connectivity index (χ0v) is 13.7. The highest BCUT2D eigenvalue weighted by atomic mass is 15.3. The van der Waals surface area contributed by atoms with Crippen molar-refractivity contribution in [2.45, 2.75) is 69.9 Å². The van der Waals surface area contributed by atoms with Crippen molar-refractivity contribution in [2.24, 2.45) is 0 Å². The van der Waals surface area contributed by atoms with E-state index in [1.165, 1.54) is 30.4 Å². The molecule has 2 fully saturated rings. The quantitative estimate of drug-likeness (QED) is 0.724. The number of terminal acetylenes is 1. The minimum absolute atomic E-state index is 0.152. The lowest BCUT2D eigenvalue weighted by Gasteiger charge is -2.46. The molecule has 1 atom stereocenters. The lowest BCUT2D eigenvalue weighted by atomic mass is 9.81. The van der Waals surface area contributed by atoms with E-state index < -0.39 is 0 Å². The Morgan fingerprint density at radius 3 is 2.67 bits per heavy atom. The van der Waals surface area contributed by atoms with E-state index in [1.807, 2.05) is 0 Å². The van der Waals surface area contributed by atoms with Crippen LogP contribution in [0, 0.1) is 12.3 Å². The fourth-order valence-electron chi connectivity index (χ4n) is 3.96. The van der Waals surface area contributed by atoms with Gasteiger partial charge in [0, 0.05) is 12.1 Å². The number of benzene rings is 1. The summed E-state index contributed by atoms with van der Waals surface area (Å²) in [5.74, 6) is 3.98. The maximum absolute atomic E-state index is 6.14. The molecule has 1 nitrogen and oxygen atoms in total. The van der Waals surface area contributed by atoms with Crippen LogP contribution < -0.4 is 0 Å². The molecule has 0 bridgehead atoms.